The van der Waals surface area contributed by atoms with Gasteiger partial charge in [-0.2, -0.15) is 5.26 Å². The van der Waals surface area contributed by atoms with E-state index in [0.29, 0.717) is 12.3 Å². The molecule has 15 heavy (non-hydrogen) atoms. The first kappa shape index (κ1) is 14.0. The zero-order valence-electron chi connectivity index (χ0n) is 10.4. The smallest absolute Gasteiger partial charge is 0.240 e. The summed E-state index contributed by atoms with van der Waals surface area (Å²) in [7, 11) is 0. The van der Waals surface area contributed by atoms with E-state index in [9.17, 15) is 4.79 Å². The van der Waals surface area contributed by atoms with Gasteiger partial charge in [0, 0.05) is 6.04 Å². The molecule has 3 nitrogen and oxygen atoms in total. The zero-order valence-corrected chi connectivity index (χ0v) is 10.4. The van der Waals surface area contributed by atoms with Crippen molar-refractivity contribution < 1.29 is 4.79 Å². The second-order valence-corrected chi connectivity index (χ2v) is 4.53. The Morgan fingerprint density at radius 3 is 2.27 bits per heavy atom. The largest absolute Gasteiger partial charge is 0.352 e. The minimum absolute atomic E-state index is 0.145. The van der Waals surface area contributed by atoms with Crippen LogP contribution in [0.25, 0.3) is 0 Å². The Kier molecular flexibility index (Phi) is 5.35. The molecule has 0 fully saturated rings. The molecule has 0 radical (unpaired) electrons. The van der Waals surface area contributed by atoms with Crippen LogP contribution in [0.4, 0.5) is 0 Å². The van der Waals surface area contributed by atoms with E-state index in [2.05, 4.69) is 25.2 Å². The molecule has 0 aromatic rings. The fourth-order valence-corrected chi connectivity index (χ4v) is 1.36. The van der Waals surface area contributed by atoms with E-state index in [1.807, 2.05) is 13.8 Å². The summed E-state index contributed by atoms with van der Waals surface area (Å²) in [6.07, 6.45) is 1.44. The highest BCUT2D eigenvalue weighted by atomic mass is 16.2. The topological polar surface area (TPSA) is 52.9 Å². The molecular weight excluding hydrogens is 188 g/mol. The van der Waals surface area contributed by atoms with Crippen LogP contribution in [-0.2, 0) is 4.79 Å². The van der Waals surface area contributed by atoms with Crippen LogP contribution in [0.1, 0.15) is 47.5 Å². The maximum absolute atomic E-state index is 11.9. The van der Waals surface area contributed by atoms with Crippen LogP contribution in [0, 0.1) is 22.7 Å². The third-order valence-electron chi connectivity index (χ3n) is 3.02. The van der Waals surface area contributed by atoms with E-state index in [-0.39, 0.29) is 11.9 Å². The molecule has 1 N–H and O–H groups in total. The number of carbonyl (C=O) groups is 1. The molecule has 1 amide bonds. The highest BCUT2D eigenvalue weighted by molar-refractivity contribution is 5.85. The Morgan fingerprint density at radius 2 is 2.00 bits per heavy atom. The van der Waals surface area contributed by atoms with Gasteiger partial charge in [-0.3, -0.25) is 4.79 Å². The lowest BCUT2D eigenvalue weighted by Crippen LogP contribution is -2.45. The number of nitriles is 1. The molecule has 0 bridgehead atoms. The van der Waals surface area contributed by atoms with Crippen LogP contribution in [0.2, 0.25) is 0 Å². The molecule has 0 saturated carbocycles. The molecule has 2 unspecified atom stereocenters. The van der Waals surface area contributed by atoms with E-state index in [4.69, 9.17) is 5.26 Å². The van der Waals surface area contributed by atoms with E-state index >= 15 is 0 Å². The van der Waals surface area contributed by atoms with Crippen molar-refractivity contribution in [3.05, 3.63) is 0 Å². The summed E-state index contributed by atoms with van der Waals surface area (Å²) in [5.41, 5.74) is -0.887. The number of hydrogen-bond acceptors (Lipinski definition) is 2. The molecule has 0 aliphatic rings. The van der Waals surface area contributed by atoms with Crippen LogP contribution in [-0.4, -0.2) is 11.9 Å². The summed E-state index contributed by atoms with van der Waals surface area (Å²) in [5, 5.41) is 11.9. The summed E-state index contributed by atoms with van der Waals surface area (Å²) in [6, 6.07) is 2.25. The van der Waals surface area contributed by atoms with Gasteiger partial charge in [-0.1, -0.05) is 27.7 Å². The normalized spacial score (nSPS) is 16.6. The third kappa shape index (κ3) is 3.54. The number of amides is 1. The first-order valence-electron chi connectivity index (χ1n) is 5.63. The average Bonchev–Trinajstić information content (AvgIpc) is 2.23. The van der Waals surface area contributed by atoms with Crippen molar-refractivity contribution in [2.45, 2.75) is 53.5 Å². The van der Waals surface area contributed by atoms with Gasteiger partial charge in [-0.15, -0.1) is 0 Å². The van der Waals surface area contributed by atoms with Crippen molar-refractivity contribution in [2.75, 3.05) is 0 Å². The quantitative estimate of drug-likeness (QED) is 0.758. The monoisotopic (exact) mass is 210 g/mol. The zero-order chi connectivity index (χ0) is 12.1. The molecule has 0 aromatic carbocycles. The molecular formula is C12H22N2O. The number of rotatable bonds is 5. The highest BCUT2D eigenvalue weighted by Crippen LogP contribution is 2.20. The van der Waals surface area contributed by atoms with Crippen molar-refractivity contribution in [3.8, 4) is 6.07 Å². The van der Waals surface area contributed by atoms with E-state index < -0.39 is 5.41 Å². The van der Waals surface area contributed by atoms with E-state index in [1.54, 1.807) is 6.92 Å². The van der Waals surface area contributed by atoms with Crippen molar-refractivity contribution in [1.82, 2.24) is 5.32 Å². The Hall–Kier alpha value is -1.04. The summed E-state index contributed by atoms with van der Waals surface area (Å²) in [5.74, 6) is 0.256. The molecule has 0 heterocycles. The fraction of sp³-hybridized carbons (Fsp3) is 0.833. The van der Waals surface area contributed by atoms with E-state index in [1.165, 1.54) is 0 Å². The molecule has 0 spiro atoms. The molecule has 0 rings (SSSR count). The van der Waals surface area contributed by atoms with Crippen LogP contribution in [0.3, 0.4) is 0 Å². The molecule has 0 aliphatic heterocycles. The summed E-state index contributed by atoms with van der Waals surface area (Å²) >= 11 is 0. The first-order chi connectivity index (χ1) is 6.91. The van der Waals surface area contributed by atoms with Crippen molar-refractivity contribution >= 4 is 5.91 Å². The average molecular weight is 210 g/mol. The molecule has 86 valence electrons. The lowest BCUT2D eigenvalue weighted by atomic mass is 9.87. The Morgan fingerprint density at radius 1 is 1.47 bits per heavy atom. The van der Waals surface area contributed by atoms with E-state index in [0.717, 1.165) is 6.42 Å². The maximum atomic E-state index is 11.9. The Balaban J connectivity index is 4.54. The third-order valence-corrected chi connectivity index (χ3v) is 3.02. The van der Waals surface area contributed by atoms with Gasteiger partial charge in [0.25, 0.3) is 0 Å². The standard InChI is InChI=1S/C12H22N2O/c1-6-10(9(3)4)14-11(15)12(5,7-2)8-13/h9-10H,6-7H2,1-5H3,(H,14,15). The minimum atomic E-state index is -0.887. The predicted molar refractivity (Wildman–Crippen MR) is 61.1 cm³/mol. The SMILES string of the molecule is CCC(NC(=O)C(C)(C#N)CC)C(C)C. The van der Waals surface area contributed by atoms with Gasteiger partial charge >= 0.3 is 0 Å². The molecule has 0 saturated heterocycles. The van der Waals surface area contributed by atoms with Crippen molar-refractivity contribution in [2.24, 2.45) is 11.3 Å². The summed E-state index contributed by atoms with van der Waals surface area (Å²) in [4.78, 5) is 11.9. The van der Waals surface area contributed by atoms with Crippen LogP contribution < -0.4 is 5.32 Å². The van der Waals surface area contributed by atoms with Crippen molar-refractivity contribution in [3.63, 3.8) is 0 Å². The van der Waals surface area contributed by atoms with Crippen LogP contribution in [0.15, 0.2) is 0 Å². The summed E-state index contributed by atoms with van der Waals surface area (Å²) < 4.78 is 0. The minimum Gasteiger partial charge on any atom is -0.352 e. The van der Waals surface area contributed by atoms with Gasteiger partial charge in [-0.25, -0.2) is 0 Å². The number of nitrogens with one attached hydrogen (secondary N) is 1. The lowest BCUT2D eigenvalue weighted by Gasteiger charge is -2.26. The number of carbonyl (C=O) groups excluding carboxylic acids is 1. The number of hydrogen-bond donors (Lipinski definition) is 1. The summed E-state index contributed by atoms with van der Waals surface area (Å²) in [6.45, 7) is 9.74. The predicted octanol–water partition coefficient (Wildman–Crippen LogP) is 2.48. The van der Waals surface area contributed by atoms with Crippen LogP contribution >= 0.6 is 0 Å². The Labute approximate surface area is 92.9 Å². The van der Waals surface area contributed by atoms with Gasteiger partial charge in [0.1, 0.15) is 5.41 Å². The highest BCUT2D eigenvalue weighted by Gasteiger charge is 2.32. The van der Waals surface area contributed by atoms with Gasteiger partial charge in [0.2, 0.25) is 5.91 Å². The van der Waals surface area contributed by atoms with Gasteiger partial charge < -0.3 is 5.32 Å². The number of nitrogens with zero attached hydrogens (tertiary/aromatic N) is 1. The van der Waals surface area contributed by atoms with Crippen molar-refractivity contribution in [1.29, 1.82) is 5.26 Å². The lowest BCUT2D eigenvalue weighted by molar-refractivity contribution is -0.128. The van der Waals surface area contributed by atoms with Gasteiger partial charge in [-0.05, 0) is 25.7 Å². The molecule has 0 aliphatic carbocycles. The van der Waals surface area contributed by atoms with Crippen LogP contribution in [0.5, 0.6) is 0 Å². The molecule has 0 aromatic heterocycles. The van der Waals surface area contributed by atoms with Gasteiger partial charge in [0.15, 0.2) is 0 Å². The second-order valence-electron chi connectivity index (χ2n) is 4.53. The molecule has 2 atom stereocenters. The fourth-order valence-electron chi connectivity index (χ4n) is 1.36. The molecule has 3 heteroatoms. The maximum Gasteiger partial charge on any atom is 0.240 e. The van der Waals surface area contributed by atoms with Gasteiger partial charge in [0.05, 0.1) is 6.07 Å². The second kappa shape index (κ2) is 5.75. The Bertz CT molecular complexity index is 255. The first-order valence-corrected chi connectivity index (χ1v) is 5.63.